The summed E-state index contributed by atoms with van der Waals surface area (Å²) in [6.07, 6.45) is 1.42. The fourth-order valence-corrected chi connectivity index (χ4v) is 3.55. The standard InChI is InChI=1S/C18H11N3O3S2/c19-8-13(7-15-10-26-17(21-15)12-5-6-25-9-12)16(22)20-14-3-1-11(2-4-14)18(23)24/h1-7,9-10H,(H,20,22)(H,23,24)/b13-7-. The fraction of sp³-hybridized carbons (Fsp3) is 0. The Morgan fingerprint density at radius 2 is 1.96 bits per heavy atom. The van der Waals surface area contributed by atoms with E-state index >= 15 is 0 Å². The van der Waals surface area contributed by atoms with Crippen LogP contribution in [0.5, 0.6) is 0 Å². The number of nitriles is 1. The highest BCUT2D eigenvalue weighted by Gasteiger charge is 2.12. The number of rotatable bonds is 5. The maximum absolute atomic E-state index is 12.3. The van der Waals surface area contributed by atoms with Crippen molar-refractivity contribution in [2.24, 2.45) is 0 Å². The Morgan fingerprint density at radius 3 is 2.58 bits per heavy atom. The van der Waals surface area contributed by atoms with Gasteiger partial charge in [-0.15, -0.1) is 11.3 Å². The molecule has 6 nitrogen and oxygen atoms in total. The minimum atomic E-state index is -1.05. The molecule has 2 N–H and O–H groups in total. The molecule has 0 radical (unpaired) electrons. The Morgan fingerprint density at radius 1 is 1.19 bits per heavy atom. The van der Waals surface area contributed by atoms with Gasteiger partial charge in [-0.05, 0) is 41.8 Å². The zero-order chi connectivity index (χ0) is 18.5. The Hall–Kier alpha value is -3.28. The number of anilines is 1. The van der Waals surface area contributed by atoms with Gasteiger partial charge in [0.25, 0.3) is 5.91 Å². The zero-order valence-electron chi connectivity index (χ0n) is 13.2. The number of carbonyl (C=O) groups is 2. The first-order valence-corrected chi connectivity index (χ1v) is 9.13. The van der Waals surface area contributed by atoms with E-state index in [-0.39, 0.29) is 11.1 Å². The quantitative estimate of drug-likeness (QED) is 0.511. The summed E-state index contributed by atoms with van der Waals surface area (Å²) in [5, 5.41) is 27.2. The average molecular weight is 381 g/mol. The second-order valence-corrected chi connectivity index (χ2v) is 6.73. The van der Waals surface area contributed by atoms with Crippen LogP contribution in [0.2, 0.25) is 0 Å². The lowest BCUT2D eigenvalue weighted by Gasteiger charge is -2.04. The molecular weight excluding hydrogens is 370 g/mol. The summed E-state index contributed by atoms with van der Waals surface area (Å²) in [4.78, 5) is 27.5. The average Bonchev–Trinajstić information content (AvgIpc) is 3.31. The van der Waals surface area contributed by atoms with Gasteiger partial charge in [-0.25, -0.2) is 9.78 Å². The van der Waals surface area contributed by atoms with Crippen molar-refractivity contribution in [2.45, 2.75) is 0 Å². The van der Waals surface area contributed by atoms with Crippen molar-refractivity contribution >= 4 is 46.3 Å². The second kappa shape index (κ2) is 7.74. The smallest absolute Gasteiger partial charge is 0.335 e. The molecule has 0 fully saturated rings. The molecule has 1 amide bonds. The van der Waals surface area contributed by atoms with Gasteiger partial charge in [0.2, 0.25) is 0 Å². The van der Waals surface area contributed by atoms with Gasteiger partial charge in [0.15, 0.2) is 0 Å². The number of benzene rings is 1. The lowest BCUT2D eigenvalue weighted by atomic mass is 10.2. The highest BCUT2D eigenvalue weighted by molar-refractivity contribution is 7.14. The maximum Gasteiger partial charge on any atom is 0.335 e. The monoisotopic (exact) mass is 381 g/mol. The van der Waals surface area contributed by atoms with E-state index < -0.39 is 11.9 Å². The lowest BCUT2D eigenvalue weighted by molar-refractivity contribution is -0.112. The lowest BCUT2D eigenvalue weighted by Crippen LogP contribution is -2.13. The first-order chi connectivity index (χ1) is 12.6. The molecule has 3 aromatic rings. The first kappa shape index (κ1) is 17.5. The Balaban J connectivity index is 1.75. The van der Waals surface area contributed by atoms with Gasteiger partial charge in [0, 0.05) is 22.0 Å². The van der Waals surface area contributed by atoms with Crippen molar-refractivity contribution in [1.82, 2.24) is 4.98 Å². The van der Waals surface area contributed by atoms with E-state index in [1.54, 1.807) is 16.7 Å². The molecule has 0 atom stereocenters. The number of carboxylic acids is 1. The number of aromatic carboxylic acids is 1. The van der Waals surface area contributed by atoms with E-state index in [9.17, 15) is 14.9 Å². The number of hydrogen-bond donors (Lipinski definition) is 2. The number of hydrogen-bond acceptors (Lipinski definition) is 6. The van der Waals surface area contributed by atoms with Gasteiger partial charge in [0.1, 0.15) is 16.6 Å². The molecule has 0 saturated carbocycles. The van der Waals surface area contributed by atoms with E-state index in [2.05, 4.69) is 10.3 Å². The van der Waals surface area contributed by atoms with Crippen LogP contribution in [0, 0.1) is 11.3 Å². The fourth-order valence-electron chi connectivity index (χ4n) is 2.06. The van der Waals surface area contributed by atoms with Crippen molar-refractivity contribution in [1.29, 1.82) is 5.26 Å². The van der Waals surface area contributed by atoms with E-state index in [1.165, 1.54) is 41.7 Å². The Bertz CT molecular complexity index is 1010. The highest BCUT2D eigenvalue weighted by atomic mass is 32.1. The summed E-state index contributed by atoms with van der Waals surface area (Å²) in [7, 11) is 0. The molecule has 2 aromatic heterocycles. The van der Waals surface area contributed by atoms with Crippen LogP contribution in [0.1, 0.15) is 16.1 Å². The van der Waals surface area contributed by atoms with Gasteiger partial charge < -0.3 is 10.4 Å². The summed E-state index contributed by atoms with van der Waals surface area (Å²) >= 11 is 3.00. The number of carbonyl (C=O) groups excluding carboxylic acids is 1. The summed E-state index contributed by atoms with van der Waals surface area (Å²) in [5.41, 5.74) is 1.96. The van der Waals surface area contributed by atoms with Crippen LogP contribution in [0.4, 0.5) is 5.69 Å². The van der Waals surface area contributed by atoms with Crippen molar-refractivity contribution in [3.63, 3.8) is 0 Å². The predicted octanol–water partition coefficient (Wildman–Crippen LogP) is 4.12. The molecule has 0 spiro atoms. The molecule has 3 rings (SSSR count). The topological polar surface area (TPSA) is 103 Å². The zero-order valence-corrected chi connectivity index (χ0v) is 14.8. The van der Waals surface area contributed by atoms with Crippen LogP contribution in [0.3, 0.4) is 0 Å². The number of carboxylic acid groups (broad SMARTS) is 1. The molecule has 8 heteroatoms. The van der Waals surface area contributed by atoms with E-state index in [0.29, 0.717) is 11.4 Å². The van der Waals surface area contributed by atoms with E-state index in [0.717, 1.165) is 10.6 Å². The van der Waals surface area contributed by atoms with Crippen LogP contribution in [-0.4, -0.2) is 22.0 Å². The number of thiophene rings is 1. The van der Waals surface area contributed by atoms with Gasteiger partial charge in [-0.3, -0.25) is 4.79 Å². The molecule has 0 aliphatic rings. The van der Waals surface area contributed by atoms with E-state index in [1.807, 2.05) is 22.9 Å². The molecule has 128 valence electrons. The van der Waals surface area contributed by atoms with Gasteiger partial charge in [0.05, 0.1) is 11.3 Å². The van der Waals surface area contributed by atoms with Crippen molar-refractivity contribution < 1.29 is 14.7 Å². The summed E-state index contributed by atoms with van der Waals surface area (Å²) in [6, 6.07) is 9.50. The van der Waals surface area contributed by atoms with Crippen LogP contribution in [0.15, 0.2) is 52.0 Å². The van der Waals surface area contributed by atoms with Crippen LogP contribution in [0.25, 0.3) is 16.6 Å². The summed E-state index contributed by atoms with van der Waals surface area (Å²) in [6.45, 7) is 0. The minimum Gasteiger partial charge on any atom is -0.478 e. The SMILES string of the molecule is N#C/C(=C/c1csc(-c2ccsc2)n1)C(=O)Nc1ccc(C(=O)O)cc1. The molecule has 2 heterocycles. The van der Waals surface area contributed by atoms with Gasteiger partial charge in [-0.1, -0.05) is 0 Å². The van der Waals surface area contributed by atoms with Gasteiger partial charge >= 0.3 is 5.97 Å². The van der Waals surface area contributed by atoms with Crippen molar-refractivity contribution in [3.05, 3.63) is 63.3 Å². The molecular formula is C18H11N3O3S2. The van der Waals surface area contributed by atoms with Gasteiger partial charge in [-0.2, -0.15) is 16.6 Å². The number of nitrogens with one attached hydrogen (secondary N) is 1. The predicted molar refractivity (Wildman–Crippen MR) is 101 cm³/mol. The number of aromatic nitrogens is 1. The third-order valence-corrected chi connectivity index (χ3v) is 4.93. The number of amides is 1. The molecule has 0 aliphatic carbocycles. The van der Waals surface area contributed by atoms with Crippen molar-refractivity contribution in [2.75, 3.05) is 5.32 Å². The largest absolute Gasteiger partial charge is 0.478 e. The summed E-state index contributed by atoms with van der Waals surface area (Å²) < 4.78 is 0. The normalized spacial score (nSPS) is 11.0. The number of nitrogens with zero attached hydrogens (tertiary/aromatic N) is 2. The third-order valence-electron chi connectivity index (χ3n) is 3.34. The highest BCUT2D eigenvalue weighted by Crippen LogP contribution is 2.26. The molecule has 26 heavy (non-hydrogen) atoms. The molecule has 0 saturated heterocycles. The van der Waals surface area contributed by atoms with E-state index in [4.69, 9.17) is 5.11 Å². The minimum absolute atomic E-state index is 0.0884. The third kappa shape index (κ3) is 4.03. The maximum atomic E-state index is 12.3. The molecule has 0 aliphatic heterocycles. The molecule has 1 aromatic carbocycles. The Kier molecular flexibility index (Phi) is 5.22. The molecule has 0 bridgehead atoms. The molecule has 0 unspecified atom stereocenters. The van der Waals surface area contributed by atoms with Crippen LogP contribution >= 0.6 is 22.7 Å². The first-order valence-electron chi connectivity index (χ1n) is 7.31. The van der Waals surface area contributed by atoms with Crippen LogP contribution < -0.4 is 5.32 Å². The second-order valence-electron chi connectivity index (χ2n) is 5.10. The van der Waals surface area contributed by atoms with Crippen LogP contribution in [-0.2, 0) is 4.79 Å². The number of thiazole rings is 1. The Labute approximate surface area is 156 Å². The van der Waals surface area contributed by atoms with Crippen molar-refractivity contribution in [3.8, 4) is 16.6 Å². The summed E-state index contributed by atoms with van der Waals surface area (Å²) in [5.74, 6) is -1.63.